The summed E-state index contributed by atoms with van der Waals surface area (Å²) in [6.07, 6.45) is -0.443. The Bertz CT molecular complexity index is 191. The Balaban J connectivity index is 2.22. The van der Waals surface area contributed by atoms with Gasteiger partial charge >= 0.3 is 0 Å². The molecule has 2 aliphatic rings. The lowest BCUT2D eigenvalue weighted by molar-refractivity contribution is 0.170. The van der Waals surface area contributed by atoms with Gasteiger partial charge < -0.3 is 14.9 Å². The van der Waals surface area contributed by atoms with E-state index in [0.717, 1.165) is 0 Å². The molecule has 1 heterocycles. The van der Waals surface area contributed by atoms with Crippen LogP contribution in [-0.2, 0) is 4.74 Å². The first-order valence-electron chi connectivity index (χ1n) is 3.09. The molecule has 2 N–H and O–H groups in total. The average Bonchev–Trinajstić information content (AvgIpc) is 2.61. The molecule has 4 heteroatoms. The fourth-order valence-corrected chi connectivity index (χ4v) is 1.43. The van der Waals surface area contributed by atoms with Gasteiger partial charge in [0.1, 0.15) is 24.4 Å². The zero-order valence-electron chi connectivity index (χ0n) is 5.07. The fourth-order valence-electron chi connectivity index (χ4n) is 1.18. The van der Waals surface area contributed by atoms with Crippen molar-refractivity contribution in [2.75, 3.05) is 0 Å². The molecular formula is C6H7ClO3. The van der Waals surface area contributed by atoms with Crippen molar-refractivity contribution in [1.82, 2.24) is 0 Å². The van der Waals surface area contributed by atoms with Crippen molar-refractivity contribution in [1.29, 1.82) is 0 Å². The quantitative estimate of drug-likeness (QED) is 0.477. The molecule has 0 aromatic heterocycles. The number of hydrogen-bond acceptors (Lipinski definition) is 3. The minimum absolute atomic E-state index is 0.225. The lowest BCUT2D eigenvalue weighted by Gasteiger charge is -2.13. The van der Waals surface area contributed by atoms with Crippen LogP contribution in [0.5, 0.6) is 0 Å². The molecule has 0 saturated carbocycles. The molecular weight excluding hydrogens is 156 g/mol. The highest BCUT2D eigenvalue weighted by Gasteiger charge is 2.52. The third-order valence-electron chi connectivity index (χ3n) is 1.82. The summed E-state index contributed by atoms with van der Waals surface area (Å²) < 4.78 is 4.94. The monoisotopic (exact) mass is 162 g/mol. The molecule has 3 nitrogen and oxygen atoms in total. The zero-order chi connectivity index (χ0) is 7.30. The van der Waals surface area contributed by atoms with Gasteiger partial charge in [0.05, 0.1) is 0 Å². The fraction of sp³-hybridized carbons (Fsp3) is 0.667. The highest BCUT2D eigenvalue weighted by atomic mass is 35.5. The van der Waals surface area contributed by atoms with Gasteiger partial charge in [0.25, 0.3) is 0 Å². The van der Waals surface area contributed by atoms with E-state index in [1.54, 1.807) is 0 Å². The second-order valence-corrected chi connectivity index (χ2v) is 2.99. The minimum atomic E-state index is -0.727. The third kappa shape index (κ3) is 0.787. The number of fused-ring (bicyclic) bond motifs is 1. The molecule has 0 aromatic carbocycles. The molecule has 10 heavy (non-hydrogen) atoms. The Morgan fingerprint density at radius 3 is 2.80 bits per heavy atom. The van der Waals surface area contributed by atoms with Crippen molar-refractivity contribution in [3.63, 3.8) is 0 Å². The van der Waals surface area contributed by atoms with Gasteiger partial charge in [-0.05, 0) is 6.08 Å². The molecule has 1 fully saturated rings. The molecule has 2 rings (SSSR count). The standard InChI is InChI=1S/C6H7ClO3/c7-2-1-3(8)5-6(10-5)4(2)9/h1,3-6,8-9H/t3-,4+,5-,6+/m0/s1. The number of rotatable bonds is 0. The van der Waals surface area contributed by atoms with Gasteiger partial charge in [-0.15, -0.1) is 0 Å². The van der Waals surface area contributed by atoms with Gasteiger partial charge in [-0.3, -0.25) is 0 Å². The maximum Gasteiger partial charge on any atom is 0.118 e. The topological polar surface area (TPSA) is 53.0 Å². The first-order chi connectivity index (χ1) is 4.70. The molecule has 4 atom stereocenters. The Morgan fingerprint density at radius 1 is 1.40 bits per heavy atom. The Kier molecular flexibility index (Phi) is 1.29. The number of epoxide rings is 1. The molecule has 0 radical (unpaired) electrons. The van der Waals surface area contributed by atoms with Crippen LogP contribution in [-0.4, -0.2) is 34.6 Å². The molecule has 1 saturated heterocycles. The van der Waals surface area contributed by atoms with Gasteiger partial charge in [-0.1, -0.05) is 11.6 Å². The smallest absolute Gasteiger partial charge is 0.118 e. The summed E-state index contributed by atoms with van der Waals surface area (Å²) in [5.74, 6) is 0. The highest BCUT2D eigenvalue weighted by Crippen LogP contribution is 2.37. The summed E-state index contributed by atoms with van der Waals surface area (Å²) in [5.41, 5.74) is 0. The normalized spacial score (nSPS) is 51.7. The molecule has 0 aromatic rings. The molecule has 1 aliphatic heterocycles. The Hall–Kier alpha value is -0.0900. The Labute approximate surface area is 62.9 Å². The van der Waals surface area contributed by atoms with Crippen LogP contribution in [0.2, 0.25) is 0 Å². The van der Waals surface area contributed by atoms with E-state index in [-0.39, 0.29) is 17.2 Å². The van der Waals surface area contributed by atoms with Crippen molar-refractivity contribution < 1.29 is 14.9 Å². The van der Waals surface area contributed by atoms with Crippen LogP contribution < -0.4 is 0 Å². The number of aliphatic hydroxyl groups excluding tert-OH is 2. The summed E-state index contributed by atoms with van der Waals surface area (Å²) in [7, 11) is 0. The van der Waals surface area contributed by atoms with Crippen LogP contribution in [0.3, 0.4) is 0 Å². The van der Waals surface area contributed by atoms with E-state index in [1.165, 1.54) is 6.08 Å². The van der Waals surface area contributed by atoms with E-state index in [0.29, 0.717) is 0 Å². The third-order valence-corrected chi connectivity index (χ3v) is 2.17. The van der Waals surface area contributed by atoms with Crippen LogP contribution in [0.4, 0.5) is 0 Å². The van der Waals surface area contributed by atoms with E-state index < -0.39 is 12.2 Å². The largest absolute Gasteiger partial charge is 0.386 e. The van der Waals surface area contributed by atoms with Crippen LogP contribution in [0.1, 0.15) is 0 Å². The second kappa shape index (κ2) is 1.95. The lowest BCUT2D eigenvalue weighted by Crippen LogP contribution is -2.28. The molecule has 0 spiro atoms. The summed E-state index contributed by atoms with van der Waals surface area (Å²) in [6, 6.07) is 0. The minimum Gasteiger partial charge on any atom is -0.386 e. The predicted octanol–water partition coefficient (Wildman–Crippen LogP) is -0.388. The summed E-state index contributed by atoms with van der Waals surface area (Å²) in [4.78, 5) is 0. The van der Waals surface area contributed by atoms with Gasteiger partial charge in [0.15, 0.2) is 0 Å². The SMILES string of the molecule is O[C@@H]1C(Cl)=C[C@H](O)[C@@H]2O[C@@H]21. The van der Waals surface area contributed by atoms with Crippen molar-refractivity contribution >= 4 is 11.6 Å². The van der Waals surface area contributed by atoms with E-state index >= 15 is 0 Å². The first-order valence-corrected chi connectivity index (χ1v) is 3.47. The van der Waals surface area contributed by atoms with E-state index in [9.17, 15) is 0 Å². The maximum absolute atomic E-state index is 9.17. The summed E-state index contributed by atoms with van der Waals surface area (Å²) in [6.45, 7) is 0. The van der Waals surface area contributed by atoms with E-state index in [4.69, 9.17) is 26.6 Å². The zero-order valence-corrected chi connectivity index (χ0v) is 5.82. The number of ether oxygens (including phenoxy) is 1. The van der Waals surface area contributed by atoms with Crippen LogP contribution in [0.15, 0.2) is 11.1 Å². The van der Waals surface area contributed by atoms with Gasteiger partial charge in [0.2, 0.25) is 0 Å². The van der Waals surface area contributed by atoms with Crippen molar-refractivity contribution in [3.05, 3.63) is 11.1 Å². The molecule has 56 valence electrons. The van der Waals surface area contributed by atoms with Crippen LogP contribution in [0.25, 0.3) is 0 Å². The van der Waals surface area contributed by atoms with E-state index in [1.807, 2.05) is 0 Å². The van der Waals surface area contributed by atoms with Crippen molar-refractivity contribution in [2.24, 2.45) is 0 Å². The summed E-state index contributed by atoms with van der Waals surface area (Å²) in [5, 5.41) is 18.6. The lowest BCUT2D eigenvalue weighted by atomic mass is 10.0. The molecule has 1 aliphatic carbocycles. The van der Waals surface area contributed by atoms with Gasteiger partial charge in [-0.25, -0.2) is 0 Å². The number of hydrogen-bond donors (Lipinski definition) is 2. The van der Waals surface area contributed by atoms with Gasteiger partial charge in [0, 0.05) is 5.03 Å². The van der Waals surface area contributed by atoms with Crippen molar-refractivity contribution in [2.45, 2.75) is 24.4 Å². The molecule has 0 unspecified atom stereocenters. The summed E-state index contributed by atoms with van der Waals surface area (Å²) >= 11 is 5.55. The Morgan fingerprint density at radius 2 is 2.10 bits per heavy atom. The van der Waals surface area contributed by atoms with Crippen molar-refractivity contribution in [3.8, 4) is 0 Å². The molecule has 0 bridgehead atoms. The van der Waals surface area contributed by atoms with Crippen LogP contribution in [0, 0.1) is 0 Å². The first kappa shape index (κ1) is 6.61. The van der Waals surface area contributed by atoms with E-state index in [2.05, 4.69) is 0 Å². The number of aliphatic hydroxyl groups is 2. The predicted molar refractivity (Wildman–Crippen MR) is 34.6 cm³/mol. The second-order valence-electron chi connectivity index (χ2n) is 2.55. The molecule has 0 amide bonds. The van der Waals surface area contributed by atoms with Crippen LogP contribution >= 0.6 is 11.6 Å². The highest BCUT2D eigenvalue weighted by molar-refractivity contribution is 6.30. The average molecular weight is 163 g/mol. The van der Waals surface area contributed by atoms with Gasteiger partial charge in [-0.2, -0.15) is 0 Å². The number of halogens is 1. The maximum atomic E-state index is 9.17.